The van der Waals surface area contributed by atoms with Gasteiger partial charge in [0.05, 0.1) is 5.60 Å². The summed E-state index contributed by atoms with van der Waals surface area (Å²) in [6.45, 7) is 10.2. The van der Waals surface area contributed by atoms with Crippen molar-refractivity contribution in [3.05, 3.63) is 21.9 Å². The fourth-order valence-electron chi connectivity index (χ4n) is 1.76. The molecule has 0 amide bonds. The van der Waals surface area contributed by atoms with Gasteiger partial charge >= 0.3 is 0 Å². The Morgan fingerprint density at radius 1 is 1.50 bits per heavy atom. The van der Waals surface area contributed by atoms with Crippen molar-refractivity contribution in [2.75, 3.05) is 13.1 Å². The van der Waals surface area contributed by atoms with Gasteiger partial charge in [0.15, 0.2) is 0 Å². The Bertz CT molecular complexity index is 317. The molecule has 3 heteroatoms. The molecule has 0 fully saturated rings. The highest BCUT2D eigenvalue weighted by Crippen LogP contribution is 2.31. The van der Waals surface area contributed by atoms with E-state index in [4.69, 9.17) is 0 Å². The standard InChI is InChI=1S/C13H23NOS/c1-10(2)9-14-7-6-13(4,15)12-11(3)5-8-16-12/h5,8,10,14-15H,6-7,9H2,1-4H3. The van der Waals surface area contributed by atoms with E-state index in [0.717, 1.165) is 24.4 Å². The summed E-state index contributed by atoms with van der Waals surface area (Å²) in [6.07, 6.45) is 0.765. The molecule has 92 valence electrons. The quantitative estimate of drug-likeness (QED) is 0.751. The van der Waals surface area contributed by atoms with Gasteiger partial charge in [0.2, 0.25) is 0 Å². The summed E-state index contributed by atoms with van der Waals surface area (Å²) in [7, 11) is 0. The van der Waals surface area contributed by atoms with Crippen LogP contribution in [0.25, 0.3) is 0 Å². The van der Waals surface area contributed by atoms with E-state index in [0.29, 0.717) is 5.92 Å². The van der Waals surface area contributed by atoms with Crippen molar-refractivity contribution in [3.8, 4) is 0 Å². The average Bonchev–Trinajstić information content (AvgIpc) is 2.59. The maximum atomic E-state index is 10.4. The molecule has 0 aliphatic heterocycles. The molecule has 0 saturated heterocycles. The fourth-order valence-corrected chi connectivity index (χ4v) is 2.78. The molecule has 2 N–H and O–H groups in total. The third-order valence-corrected chi connectivity index (χ3v) is 3.96. The molecule has 0 aliphatic rings. The summed E-state index contributed by atoms with van der Waals surface area (Å²) in [5.74, 6) is 0.661. The molecule has 16 heavy (non-hydrogen) atoms. The maximum Gasteiger partial charge on any atom is 0.0974 e. The molecule has 2 nitrogen and oxygen atoms in total. The zero-order valence-electron chi connectivity index (χ0n) is 10.7. The summed E-state index contributed by atoms with van der Waals surface area (Å²) in [6, 6.07) is 2.07. The third kappa shape index (κ3) is 3.89. The molecule has 1 rings (SSSR count). The van der Waals surface area contributed by atoms with Crippen LogP contribution in [0.5, 0.6) is 0 Å². The van der Waals surface area contributed by atoms with Crippen LogP contribution in [0.15, 0.2) is 11.4 Å². The summed E-state index contributed by atoms with van der Waals surface area (Å²) in [5, 5.41) is 15.8. The second-order valence-corrected chi connectivity index (χ2v) is 5.97. The number of nitrogens with one attached hydrogen (secondary N) is 1. The van der Waals surface area contributed by atoms with E-state index in [1.807, 2.05) is 12.3 Å². The van der Waals surface area contributed by atoms with Gasteiger partial charge in [0.1, 0.15) is 0 Å². The first-order chi connectivity index (χ1) is 7.43. The van der Waals surface area contributed by atoms with Crippen molar-refractivity contribution in [2.24, 2.45) is 5.92 Å². The van der Waals surface area contributed by atoms with E-state index >= 15 is 0 Å². The molecule has 1 aromatic rings. The Kier molecular flexibility index (Phi) is 4.96. The molecular weight excluding hydrogens is 218 g/mol. The lowest BCUT2D eigenvalue weighted by Crippen LogP contribution is -2.29. The van der Waals surface area contributed by atoms with E-state index in [1.54, 1.807) is 11.3 Å². The first-order valence-electron chi connectivity index (χ1n) is 5.91. The topological polar surface area (TPSA) is 32.3 Å². The Morgan fingerprint density at radius 2 is 2.19 bits per heavy atom. The number of thiophene rings is 1. The predicted molar refractivity (Wildman–Crippen MR) is 71.0 cm³/mol. The highest BCUT2D eigenvalue weighted by molar-refractivity contribution is 7.10. The van der Waals surface area contributed by atoms with Crippen LogP contribution in [0, 0.1) is 12.8 Å². The second kappa shape index (κ2) is 5.80. The average molecular weight is 241 g/mol. The highest BCUT2D eigenvalue weighted by Gasteiger charge is 2.25. The van der Waals surface area contributed by atoms with Gasteiger partial charge in [0, 0.05) is 4.88 Å². The molecule has 0 bridgehead atoms. The van der Waals surface area contributed by atoms with E-state index in [-0.39, 0.29) is 0 Å². The normalized spacial score (nSPS) is 15.4. The molecule has 0 aromatic carbocycles. The fraction of sp³-hybridized carbons (Fsp3) is 0.692. The zero-order valence-corrected chi connectivity index (χ0v) is 11.5. The van der Waals surface area contributed by atoms with Crippen LogP contribution < -0.4 is 5.32 Å². The van der Waals surface area contributed by atoms with Crippen molar-refractivity contribution in [1.29, 1.82) is 0 Å². The van der Waals surface area contributed by atoms with E-state index < -0.39 is 5.60 Å². The minimum Gasteiger partial charge on any atom is -0.385 e. The van der Waals surface area contributed by atoms with Crippen LogP contribution in [0.2, 0.25) is 0 Å². The second-order valence-electron chi connectivity index (χ2n) is 5.05. The van der Waals surface area contributed by atoms with Gasteiger partial charge in [0.25, 0.3) is 0 Å². The Hall–Kier alpha value is -0.380. The highest BCUT2D eigenvalue weighted by atomic mass is 32.1. The number of aliphatic hydroxyl groups is 1. The van der Waals surface area contributed by atoms with E-state index in [2.05, 4.69) is 32.2 Å². The van der Waals surface area contributed by atoms with Crippen molar-refractivity contribution in [1.82, 2.24) is 5.32 Å². The lowest BCUT2D eigenvalue weighted by molar-refractivity contribution is 0.0510. The van der Waals surface area contributed by atoms with Gasteiger partial charge in [-0.3, -0.25) is 0 Å². The van der Waals surface area contributed by atoms with Gasteiger partial charge in [-0.05, 0) is 56.3 Å². The smallest absolute Gasteiger partial charge is 0.0974 e. The van der Waals surface area contributed by atoms with Gasteiger partial charge in [-0.1, -0.05) is 13.8 Å². The van der Waals surface area contributed by atoms with Crippen LogP contribution in [0.3, 0.4) is 0 Å². The largest absolute Gasteiger partial charge is 0.385 e. The van der Waals surface area contributed by atoms with Crippen LogP contribution in [0.1, 0.15) is 37.6 Å². The van der Waals surface area contributed by atoms with Gasteiger partial charge < -0.3 is 10.4 Å². The van der Waals surface area contributed by atoms with Crippen LogP contribution in [0.4, 0.5) is 0 Å². The third-order valence-electron chi connectivity index (χ3n) is 2.69. The van der Waals surface area contributed by atoms with Crippen molar-refractivity contribution < 1.29 is 5.11 Å². The molecule has 1 atom stereocenters. The summed E-state index contributed by atoms with van der Waals surface area (Å²) < 4.78 is 0. The number of hydrogen-bond donors (Lipinski definition) is 2. The Labute approximate surface area is 103 Å². The minimum absolute atomic E-state index is 0.661. The monoisotopic (exact) mass is 241 g/mol. The Morgan fingerprint density at radius 3 is 2.69 bits per heavy atom. The van der Waals surface area contributed by atoms with Crippen molar-refractivity contribution in [3.63, 3.8) is 0 Å². The van der Waals surface area contributed by atoms with Gasteiger partial charge in [-0.15, -0.1) is 11.3 Å². The SMILES string of the molecule is Cc1ccsc1C(C)(O)CCNCC(C)C. The van der Waals surface area contributed by atoms with Crippen LogP contribution in [-0.4, -0.2) is 18.2 Å². The molecule has 1 heterocycles. The van der Waals surface area contributed by atoms with Crippen molar-refractivity contribution >= 4 is 11.3 Å². The number of hydrogen-bond acceptors (Lipinski definition) is 3. The molecule has 0 aliphatic carbocycles. The Balaban J connectivity index is 2.43. The first kappa shape index (κ1) is 13.7. The summed E-state index contributed by atoms with van der Waals surface area (Å²) in [4.78, 5) is 1.10. The molecule has 0 radical (unpaired) electrons. The van der Waals surface area contributed by atoms with E-state index in [9.17, 15) is 5.11 Å². The lowest BCUT2D eigenvalue weighted by Gasteiger charge is -2.23. The maximum absolute atomic E-state index is 10.4. The molecule has 0 saturated carbocycles. The van der Waals surface area contributed by atoms with Gasteiger partial charge in [-0.25, -0.2) is 0 Å². The first-order valence-corrected chi connectivity index (χ1v) is 6.79. The summed E-state index contributed by atoms with van der Waals surface area (Å²) in [5.41, 5.74) is 0.501. The lowest BCUT2D eigenvalue weighted by atomic mass is 9.97. The van der Waals surface area contributed by atoms with E-state index in [1.165, 1.54) is 5.56 Å². The van der Waals surface area contributed by atoms with Crippen LogP contribution >= 0.6 is 11.3 Å². The van der Waals surface area contributed by atoms with Gasteiger partial charge in [-0.2, -0.15) is 0 Å². The molecule has 1 unspecified atom stereocenters. The zero-order chi connectivity index (χ0) is 12.2. The molecule has 1 aromatic heterocycles. The summed E-state index contributed by atoms with van der Waals surface area (Å²) >= 11 is 1.64. The number of rotatable bonds is 6. The molecule has 0 spiro atoms. The van der Waals surface area contributed by atoms with Crippen molar-refractivity contribution in [2.45, 2.75) is 39.7 Å². The predicted octanol–water partition coefficient (Wildman–Crippen LogP) is 2.90. The molecular formula is C13H23NOS. The minimum atomic E-state index is -0.692. The number of aryl methyl sites for hydroxylation is 1. The van der Waals surface area contributed by atoms with Crippen LogP contribution in [-0.2, 0) is 5.60 Å².